The molecule has 0 rings (SSSR count). The summed E-state index contributed by atoms with van der Waals surface area (Å²) in [5, 5.41) is 7.42. The highest BCUT2D eigenvalue weighted by molar-refractivity contribution is 5.81. The lowest BCUT2D eigenvalue weighted by Gasteiger charge is -1.96. The third-order valence-corrected chi connectivity index (χ3v) is 0.845. The standard InChI is InChI=1S/C5H11NO.C2H4O2/c1-4(2)5(7)3-6;1-2(3)4/h4H,3,6H2,1-2H3;1H3,(H,3,4). The van der Waals surface area contributed by atoms with Gasteiger partial charge in [0.25, 0.3) is 5.97 Å². The zero-order valence-corrected chi connectivity index (χ0v) is 7.13. The smallest absolute Gasteiger partial charge is 0.300 e. The van der Waals surface area contributed by atoms with E-state index >= 15 is 0 Å². The molecule has 4 heteroatoms. The molecule has 0 amide bonds. The molecule has 0 heterocycles. The fourth-order valence-corrected chi connectivity index (χ4v) is 0.236. The predicted molar refractivity (Wildman–Crippen MR) is 42.2 cm³/mol. The number of carbonyl (C=O) groups is 2. The molecule has 0 aromatic carbocycles. The molecular formula is C7H15NO3. The van der Waals surface area contributed by atoms with Gasteiger partial charge in [0.1, 0.15) is 5.78 Å². The topological polar surface area (TPSA) is 80.4 Å². The minimum atomic E-state index is -0.833. The Hall–Kier alpha value is -0.900. The van der Waals surface area contributed by atoms with Crippen LogP contribution in [0.15, 0.2) is 0 Å². The van der Waals surface area contributed by atoms with Crippen LogP contribution in [0.2, 0.25) is 0 Å². The molecule has 0 bridgehead atoms. The van der Waals surface area contributed by atoms with E-state index in [0.717, 1.165) is 6.92 Å². The largest absolute Gasteiger partial charge is 0.481 e. The SMILES string of the molecule is CC(=O)O.CC(C)C(=O)CN. The van der Waals surface area contributed by atoms with Gasteiger partial charge in [-0.05, 0) is 0 Å². The summed E-state index contributed by atoms with van der Waals surface area (Å²) in [5.41, 5.74) is 5.02. The maximum Gasteiger partial charge on any atom is 0.300 e. The summed E-state index contributed by atoms with van der Waals surface area (Å²) in [7, 11) is 0. The van der Waals surface area contributed by atoms with Crippen LogP contribution >= 0.6 is 0 Å². The Morgan fingerprint density at radius 2 is 1.73 bits per heavy atom. The highest BCUT2D eigenvalue weighted by atomic mass is 16.4. The second-order valence-corrected chi connectivity index (χ2v) is 2.34. The van der Waals surface area contributed by atoms with Gasteiger partial charge in [-0.3, -0.25) is 9.59 Å². The van der Waals surface area contributed by atoms with Crippen molar-refractivity contribution in [1.29, 1.82) is 0 Å². The number of aliphatic carboxylic acids is 1. The van der Waals surface area contributed by atoms with Crippen molar-refractivity contribution in [3.63, 3.8) is 0 Å². The van der Waals surface area contributed by atoms with Gasteiger partial charge in [0.05, 0.1) is 6.54 Å². The molecule has 11 heavy (non-hydrogen) atoms. The Balaban J connectivity index is 0. The fraction of sp³-hybridized carbons (Fsp3) is 0.714. The number of hydrogen-bond donors (Lipinski definition) is 2. The predicted octanol–water partition coefficient (Wildman–Crippen LogP) is 0.261. The summed E-state index contributed by atoms with van der Waals surface area (Å²) in [6.07, 6.45) is 0. The molecule has 0 aliphatic heterocycles. The zero-order valence-electron chi connectivity index (χ0n) is 7.13. The molecule has 0 spiro atoms. The van der Waals surface area contributed by atoms with Crippen molar-refractivity contribution >= 4 is 11.8 Å². The van der Waals surface area contributed by atoms with Crippen molar-refractivity contribution < 1.29 is 14.7 Å². The van der Waals surface area contributed by atoms with Crippen LogP contribution in [0.25, 0.3) is 0 Å². The maximum absolute atomic E-state index is 10.4. The number of rotatable bonds is 2. The van der Waals surface area contributed by atoms with Gasteiger partial charge in [0.2, 0.25) is 0 Å². The Kier molecular flexibility index (Phi) is 8.36. The maximum atomic E-state index is 10.4. The molecule has 0 aliphatic rings. The van der Waals surface area contributed by atoms with Crippen LogP contribution in [0.3, 0.4) is 0 Å². The van der Waals surface area contributed by atoms with Crippen LogP contribution in [0.1, 0.15) is 20.8 Å². The Morgan fingerprint density at radius 1 is 1.45 bits per heavy atom. The summed E-state index contributed by atoms with van der Waals surface area (Å²) >= 11 is 0. The average Bonchev–Trinajstić information content (AvgIpc) is 1.85. The lowest BCUT2D eigenvalue weighted by Crippen LogP contribution is -2.18. The molecule has 0 saturated heterocycles. The van der Waals surface area contributed by atoms with E-state index in [-0.39, 0.29) is 18.2 Å². The first-order valence-electron chi connectivity index (χ1n) is 3.34. The molecule has 0 saturated carbocycles. The molecule has 0 unspecified atom stereocenters. The van der Waals surface area contributed by atoms with Crippen molar-refractivity contribution in [3.05, 3.63) is 0 Å². The fourth-order valence-electron chi connectivity index (χ4n) is 0.236. The van der Waals surface area contributed by atoms with E-state index in [1.807, 2.05) is 13.8 Å². The Bertz CT molecular complexity index is 128. The quantitative estimate of drug-likeness (QED) is 0.608. The number of carbonyl (C=O) groups excluding carboxylic acids is 1. The Morgan fingerprint density at radius 3 is 1.73 bits per heavy atom. The highest BCUT2D eigenvalue weighted by Crippen LogP contribution is 1.89. The van der Waals surface area contributed by atoms with Gasteiger partial charge in [-0.1, -0.05) is 13.8 Å². The van der Waals surface area contributed by atoms with Gasteiger partial charge in [-0.25, -0.2) is 0 Å². The minimum absolute atomic E-state index is 0.102. The van der Waals surface area contributed by atoms with Gasteiger partial charge >= 0.3 is 0 Å². The highest BCUT2D eigenvalue weighted by Gasteiger charge is 2.01. The van der Waals surface area contributed by atoms with Crippen LogP contribution < -0.4 is 5.73 Å². The summed E-state index contributed by atoms with van der Waals surface area (Å²) in [6, 6.07) is 0. The molecule has 0 aromatic rings. The lowest BCUT2D eigenvalue weighted by molar-refractivity contribution is -0.134. The van der Waals surface area contributed by atoms with E-state index in [9.17, 15) is 4.79 Å². The molecule has 0 aliphatic carbocycles. The number of nitrogens with two attached hydrogens (primary N) is 1. The molecule has 0 radical (unpaired) electrons. The van der Waals surface area contributed by atoms with Crippen molar-refractivity contribution in [2.24, 2.45) is 11.7 Å². The monoisotopic (exact) mass is 161 g/mol. The Labute approximate surface area is 66.4 Å². The van der Waals surface area contributed by atoms with E-state index in [1.54, 1.807) is 0 Å². The molecule has 0 atom stereocenters. The van der Waals surface area contributed by atoms with Crippen LogP contribution in [0.5, 0.6) is 0 Å². The average molecular weight is 161 g/mol. The summed E-state index contributed by atoms with van der Waals surface area (Å²) in [4.78, 5) is 19.4. The summed E-state index contributed by atoms with van der Waals surface area (Å²) in [5.74, 6) is -0.606. The van der Waals surface area contributed by atoms with E-state index in [0.29, 0.717) is 0 Å². The van der Waals surface area contributed by atoms with Crippen LogP contribution in [-0.4, -0.2) is 23.4 Å². The lowest BCUT2D eigenvalue weighted by atomic mass is 10.1. The normalized spacial score (nSPS) is 8.45. The third-order valence-electron chi connectivity index (χ3n) is 0.845. The molecule has 3 N–H and O–H groups in total. The van der Waals surface area contributed by atoms with Gasteiger partial charge in [0.15, 0.2) is 0 Å². The van der Waals surface area contributed by atoms with Crippen molar-refractivity contribution in [1.82, 2.24) is 0 Å². The zero-order chi connectivity index (χ0) is 9.44. The minimum Gasteiger partial charge on any atom is -0.481 e. The molecule has 0 aromatic heterocycles. The second kappa shape index (κ2) is 7.21. The number of ketones is 1. The van der Waals surface area contributed by atoms with E-state index < -0.39 is 5.97 Å². The van der Waals surface area contributed by atoms with Crippen molar-refractivity contribution in [2.75, 3.05) is 6.54 Å². The van der Waals surface area contributed by atoms with Gasteiger partial charge in [0, 0.05) is 12.8 Å². The van der Waals surface area contributed by atoms with Crippen molar-refractivity contribution in [2.45, 2.75) is 20.8 Å². The first kappa shape index (κ1) is 12.7. The molecule has 4 nitrogen and oxygen atoms in total. The second-order valence-electron chi connectivity index (χ2n) is 2.34. The van der Waals surface area contributed by atoms with Gasteiger partial charge in [-0.15, -0.1) is 0 Å². The molecular weight excluding hydrogens is 146 g/mol. The first-order valence-corrected chi connectivity index (χ1v) is 3.34. The van der Waals surface area contributed by atoms with Gasteiger partial charge < -0.3 is 10.8 Å². The summed E-state index contributed by atoms with van der Waals surface area (Å²) in [6.45, 7) is 4.95. The van der Waals surface area contributed by atoms with Crippen LogP contribution in [0.4, 0.5) is 0 Å². The number of carboxylic acids is 1. The third kappa shape index (κ3) is 17.6. The molecule has 66 valence electrons. The van der Waals surface area contributed by atoms with Crippen LogP contribution in [0, 0.1) is 5.92 Å². The van der Waals surface area contributed by atoms with E-state index in [4.69, 9.17) is 15.6 Å². The van der Waals surface area contributed by atoms with Crippen LogP contribution in [-0.2, 0) is 9.59 Å². The van der Waals surface area contributed by atoms with E-state index in [1.165, 1.54) is 0 Å². The number of hydrogen-bond acceptors (Lipinski definition) is 3. The van der Waals surface area contributed by atoms with Crippen molar-refractivity contribution in [3.8, 4) is 0 Å². The van der Waals surface area contributed by atoms with E-state index in [2.05, 4.69) is 0 Å². The summed E-state index contributed by atoms with van der Waals surface area (Å²) < 4.78 is 0. The van der Waals surface area contributed by atoms with Gasteiger partial charge in [-0.2, -0.15) is 0 Å². The number of Topliss-reactive ketones (excluding diaryl/α,β-unsaturated/α-hetero) is 1. The molecule has 0 fully saturated rings. The number of carboxylic acid groups (broad SMARTS) is 1. The first-order chi connectivity index (χ1) is 4.91.